The lowest BCUT2D eigenvalue weighted by Gasteiger charge is -2.30. The Morgan fingerprint density at radius 2 is 2.11 bits per heavy atom. The van der Waals surface area contributed by atoms with Gasteiger partial charge in [-0.1, -0.05) is 23.2 Å². The second-order valence-corrected chi connectivity index (χ2v) is 6.24. The molecule has 0 fully saturated rings. The highest BCUT2D eigenvalue weighted by molar-refractivity contribution is 6.35. The van der Waals surface area contributed by atoms with Crippen LogP contribution >= 0.6 is 23.2 Å². The van der Waals surface area contributed by atoms with Gasteiger partial charge >= 0.3 is 0 Å². The number of halogens is 2. The number of hydrogen-bond acceptors (Lipinski definition) is 2. The maximum atomic E-state index is 6.12. The number of rotatable bonds is 3. The van der Waals surface area contributed by atoms with Crippen molar-refractivity contribution in [3.8, 4) is 0 Å². The zero-order chi connectivity index (χ0) is 14.2. The average Bonchev–Trinajstić information content (AvgIpc) is 2.49. The Hall–Kier alpha value is -0.770. The minimum Gasteiger partial charge on any atom is -0.334 e. The van der Waals surface area contributed by atoms with Crippen molar-refractivity contribution in [2.24, 2.45) is 7.05 Å². The standard InChI is InChI=1S/C14H19Cl2N3/c1-9-13(19(4)10(2)18-9)8-17-14(3)6-11(15)5-12(16)7-14/h5-6,17H,7-8H2,1-4H3/t14-/m1/s1. The molecule has 0 amide bonds. The molecule has 0 saturated heterocycles. The summed E-state index contributed by atoms with van der Waals surface area (Å²) in [5, 5.41) is 4.99. The van der Waals surface area contributed by atoms with E-state index in [-0.39, 0.29) is 5.54 Å². The van der Waals surface area contributed by atoms with Crippen molar-refractivity contribution in [1.82, 2.24) is 14.9 Å². The first-order valence-electron chi connectivity index (χ1n) is 6.29. The van der Waals surface area contributed by atoms with E-state index in [1.54, 1.807) is 6.08 Å². The molecule has 0 aromatic carbocycles. The number of hydrogen-bond donors (Lipinski definition) is 1. The first-order valence-corrected chi connectivity index (χ1v) is 7.04. The number of aromatic nitrogens is 2. The van der Waals surface area contributed by atoms with Crippen molar-refractivity contribution >= 4 is 23.2 Å². The molecule has 104 valence electrons. The zero-order valence-corrected chi connectivity index (χ0v) is 13.2. The summed E-state index contributed by atoms with van der Waals surface area (Å²) < 4.78 is 2.11. The minimum atomic E-state index is -0.215. The summed E-state index contributed by atoms with van der Waals surface area (Å²) >= 11 is 12.2. The Bertz CT molecular complexity index is 557. The first-order chi connectivity index (χ1) is 8.81. The maximum absolute atomic E-state index is 6.12. The summed E-state index contributed by atoms with van der Waals surface area (Å²) in [6, 6.07) is 0. The molecule has 19 heavy (non-hydrogen) atoms. The van der Waals surface area contributed by atoms with Crippen molar-refractivity contribution in [2.75, 3.05) is 0 Å². The molecule has 0 saturated carbocycles. The fourth-order valence-electron chi connectivity index (χ4n) is 2.41. The summed E-state index contributed by atoms with van der Waals surface area (Å²) in [6.45, 7) is 6.88. The van der Waals surface area contributed by atoms with Gasteiger partial charge in [-0.25, -0.2) is 4.98 Å². The Labute approximate surface area is 124 Å². The van der Waals surface area contributed by atoms with E-state index in [4.69, 9.17) is 23.2 Å². The molecule has 0 bridgehead atoms. The van der Waals surface area contributed by atoms with Gasteiger partial charge in [0.2, 0.25) is 0 Å². The summed E-state index contributed by atoms with van der Waals surface area (Å²) in [4.78, 5) is 4.47. The van der Waals surface area contributed by atoms with Crippen molar-refractivity contribution < 1.29 is 0 Å². The van der Waals surface area contributed by atoms with E-state index in [1.807, 2.05) is 27.0 Å². The molecule has 2 rings (SSSR count). The van der Waals surface area contributed by atoms with Gasteiger partial charge in [-0.05, 0) is 32.9 Å². The Balaban J connectivity index is 2.13. The molecule has 1 aliphatic carbocycles. The van der Waals surface area contributed by atoms with E-state index in [1.165, 1.54) is 5.69 Å². The van der Waals surface area contributed by atoms with Gasteiger partial charge < -0.3 is 9.88 Å². The van der Waals surface area contributed by atoms with Gasteiger partial charge in [0.05, 0.1) is 11.4 Å². The van der Waals surface area contributed by atoms with E-state index in [0.29, 0.717) is 5.03 Å². The maximum Gasteiger partial charge on any atom is 0.105 e. The molecule has 1 atom stereocenters. The van der Waals surface area contributed by atoms with Crippen LogP contribution in [-0.4, -0.2) is 15.1 Å². The number of nitrogens with zero attached hydrogens (tertiary/aromatic N) is 2. The fourth-order valence-corrected chi connectivity index (χ4v) is 3.24. The van der Waals surface area contributed by atoms with E-state index in [9.17, 15) is 0 Å². The van der Waals surface area contributed by atoms with E-state index in [0.717, 1.165) is 29.5 Å². The molecule has 1 N–H and O–H groups in total. The SMILES string of the molecule is Cc1nc(C)n(C)c1CN[C@]1(C)C=C(Cl)C=C(Cl)C1. The van der Waals surface area contributed by atoms with Gasteiger partial charge in [-0.15, -0.1) is 0 Å². The Morgan fingerprint density at radius 3 is 2.63 bits per heavy atom. The van der Waals surface area contributed by atoms with Crippen molar-refractivity contribution in [3.63, 3.8) is 0 Å². The molecule has 5 heteroatoms. The van der Waals surface area contributed by atoms with E-state index < -0.39 is 0 Å². The van der Waals surface area contributed by atoms with Crippen molar-refractivity contribution in [1.29, 1.82) is 0 Å². The van der Waals surface area contributed by atoms with Gasteiger partial charge in [0, 0.05) is 35.6 Å². The highest BCUT2D eigenvalue weighted by atomic mass is 35.5. The smallest absolute Gasteiger partial charge is 0.105 e. The number of imidazole rings is 1. The highest BCUT2D eigenvalue weighted by Crippen LogP contribution is 2.30. The summed E-state index contributed by atoms with van der Waals surface area (Å²) in [6.07, 6.45) is 4.56. The minimum absolute atomic E-state index is 0.215. The number of allylic oxidation sites excluding steroid dienone is 2. The fraction of sp³-hybridized carbons (Fsp3) is 0.500. The third-order valence-corrected chi connectivity index (χ3v) is 4.05. The molecule has 1 heterocycles. The quantitative estimate of drug-likeness (QED) is 0.925. The van der Waals surface area contributed by atoms with E-state index >= 15 is 0 Å². The number of aryl methyl sites for hydroxylation is 2. The molecule has 1 aromatic rings. The van der Waals surface area contributed by atoms with Crippen LogP contribution < -0.4 is 5.32 Å². The molecular formula is C14H19Cl2N3. The summed E-state index contributed by atoms with van der Waals surface area (Å²) in [5.74, 6) is 1.02. The highest BCUT2D eigenvalue weighted by Gasteiger charge is 2.26. The van der Waals surface area contributed by atoms with Gasteiger partial charge in [0.25, 0.3) is 0 Å². The van der Waals surface area contributed by atoms with Crippen LogP contribution in [0.4, 0.5) is 0 Å². The molecule has 0 unspecified atom stereocenters. The summed E-state index contributed by atoms with van der Waals surface area (Å²) in [5.41, 5.74) is 2.03. The number of nitrogens with one attached hydrogen (secondary N) is 1. The second kappa shape index (κ2) is 5.31. The molecule has 1 aliphatic rings. The van der Waals surface area contributed by atoms with E-state index in [2.05, 4.69) is 21.8 Å². The largest absolute Gasteiger partial charge is 0.334 e. The van der Waals surface area contributed by atoms with Crippen molar-refractivity contribution in [3.05, 3.63) is 39.4 Å². The van der Waals surface area contributed by atoms with Crippen LogP contribution in [0.2, 0.25) is 0 Å². The molecule has 3 nitrogen and oxygen atoms in total. The first kappa shape index (κ1) is 14.6. The Morgan fingerprint density at radius 1 is 1.42 bits per heavy atom. The lowest BCUT2D eigenvalue weighted by Crippen LogP contribution is -2.41. The van der Waals surface area contributed by atoms with Crippen LogP contribution in [0.5, 0.6) is 0 Å². The van der Waals surface area contributed by atoms with Gasteiger partial charge in [0.15, 0.2) is 0 Å². The zero-order valence-electron chi connectivity index (χ0n) is 11.7. The molecule has 1 aromatic heterocycles. The van der Waals surface area contributed by atoms with Gasteiger partial charge in [-0.2, -0.15) is 0 Å². The molecule has 0 radical (unpaired) electrons. The Kier molecular flexibility index (Phi) is 4.09. The van der Waals surface area contributed by atoms with Crippen LogP contribution in [0.1, 0.15) is 30.6 Å². The third kappa shape index (κ3) is 3.22. The lowest BCUT2D eigenvalue weighted by molar-refractivity contribution is 0.425. The predicted octanol–water partition coefficient (Wildman–Crippen LogP) is 3.53. The molecule has 0 aliphatic heterocycles. The van der Waals surface area contributed by atoms with Crippen LogP contribution in [0.3, 0.4) is 0 Å². The average molecular weight is 300 g/mol. The lowest BCUT2D eigenvalue weighted by atomic mass is 9.93. The van der Waals surface area contributed by atoms with Crippen LogP contribution in [0.15, 0.2) is 22.2 Å². The van der Waals surface area contributed by atoms with Gasteiger partial charge in [0.1, 0.15) is 5.82 Å². The predicted molar refractivity (Wildman–Crippen MR) is 80.4 cm³/mol. The van der Waals surface area contributed by atoms with Crippen molar-refractivity contribution in [2.45, 2.75) is 39.3 Å². The van der Waals surface area contributed by atoms with Crippen LogP contribution in [-0.2, 0) is 13.6 Å². The molecule has 0 spiro atoms. The monoisotopic (exact) mass is 299 g/mol. The van der Waals surface area contributed by atoms with Crippen LogP contribution in [0.25, 0.3) is 0 Å². The third-order valence-electron chi connectivity index (χ3n) is 3.58. The van der Waals surface area contributed by atoms with Crippen LogP contribution in [0, 0.1) is 13.8 Å². The van der Waals surface area contributed by atoms with Gasteiger partial charge in [-0.3, -0.25) is 0 Å². The second-order valence-electron chi connectivity index (χ2n) is 5.32. The summed E-state index contributed by atoms with van der Waals surface area (Å²) in [7, 11) is 2.03. The normalized spacial score (nSPS) is 23.3. The topological polar surface area (TPSA) is 29.9 Å². The molecular weight excluding hydrogens is 281 g/mol.